The molecule has 1 unspecified atom stereocenters. The molecule has 2 aromatic carbocycles. The Balaban J connectivity index is 1.08. The number of benzene rings is 2. The fourth-order valence-electron chi connectivity index (χ4n) is 6.62. The summed E-state index contributed by atoms with van der Waals surface area (Å²) in [6, 6.07) is 14.8. The van der Waals surface area contributed by atoms with Crippen molar-refractivity contribution in [2.24, 2.45) is 5.92 Å². The highest BCUT2D eigenvalue weighted by molar-refractivity contribution is 6.00. The third-order valence-electron chi connectivity index (χ3n) is 9.17. The van der Waals surface area contributed by atoms with Gasteiger partial charge in [0.1, 0.15) is 6.04 Å². The molecule has 9 heteroatoms. The molecular weight excluding hydrogens is 528 g/mol. The molecule has 0 bridgehead atoms. The van der Waals surface area contributed by atoms with Gasteiger partial charge in [-0.05, 0) is 86.6 Å². The van der Waals surface area contributed by atoms with Crippen molar-refractivity contribution in [1.82, 2.24) is 25.3 Å². The number of amides is 3. The van der Waals surface area contributed by atoms with Crippen molar-refractivity contribution in [3.8, 4) is 0 Å². The van der Waals surface area contributed by atoms with Gasteiger partial charge in [0.2, 0.25) is 18.2 Å². The van der Waals surface area contributed by atoms with Gasteiger partial charge in [-0.15, -0.1) is 0 Å². The van der Waals surface area contributed by atoms with Crippen LogP contribution in [0.1, 0.15) is 47.9 Å². The quantitative estimate of drug-likeness (QED) is 0.315. The fraction of sp³-hybridized carbons (Fsp3) is 0.545. The number of nitrogens with one attached hydrogen (secondary N) is 2. The Morgan fingerprint density at radius 2 is 1.71 bits per heavy atom. The molecule has 0 spiro atoms. The molecule has 0 saturated carbocycles. The number of imide groups is 1. The van der Waals surface area contributed by atoms with Crippen LogP contribution in [0, 0.1) is 12.8 Å². The molecule has 0 aromatic heterocycles. The molecule has 3 amide bonds. The predicted molar refractivity (Wildman–Crippen MR) is 165 cm³/mol. The van der Waals surface area contributed by atoms with E-state index in [2.05, 4.69) is 67.8 Å². The van der Waals surface area contributed by atoms with E-state index in [1.807, 2.05) is 14.0 Å². The summed E-state index contributed by atoms with van der Waals surface area (Å²) < 4.78 is 0. The van der Waals surface area contributed by atoms with E-state index in [4.69, 9.17) is 0 Å². The minimum absolute atomic E-state index is 0.259. The van der Waals surface area contributed by atoms with E-state index in [-0.39, 0.29) is 18.2 Å². The number of hydrogen-bond donors (Lipinski definition) is 2. The summed E-state index contributed by atoms with van der Waals surface area (Å²) in [5.74, 6) is 0.104. The molecule has 226 valence electrons. The molecule has 5 rings (SSSR count). The zero-order chi connectivity index (χ0) is 29.5. The third-order valence-corrected chi connectivity index (χ3v) is 9.17. The number of anilines is 1. The molecule has 2 aromatic rings. The van der Waals surface area contributed by atoms with Gasteiger partial charge >= 0.3 is 0 Å². The number of rotatable bonds is 11. The highest BCUT2D eigenvalue weighted by atomic mass is 16.2. The van der Waals surface area contributed by atoms with Gasteiger partial charge in [0.25, 0.3) is 0 Å². The molecule has 0 aliphatic carbocycles. The van der Waals surface area contributed by atoms with Crippen LogP contribution in [0.2, 0.25) is 0 Å². The van der Waals surface area contributed by atoms with Gasteiger partial charge in [-0.3, -0.25) is 29.5 Å². The molecule has 0 radical (unpaired) electrons. The molecular formula is C33H46N6O3. The number of nitrogens with zero attached hydrogens (tertiary/aromatic N) is 4. The van der Waals surface area contributed by atoms with E-state index in [9.17, 15) is 14.4 Å². The first-order valence-electron chi connectivity index (χ1n) is 15.5. The van der Waals surface area contributed by atoms with Crippen molar-refractivity contribution >= 4 is 23.9 Å². The van der Waals surface area contributed by atoms with E-state index in [1.54, 1.807) is 0 Å². The molecule has 1 atom stereocenters. The zero-order valence-electron chi connectivity index (χ0n) is 25.2. The normalized spacial score (nSPS) is 20.9. The van der Waals surface area contributed by atoms with Gasteiger partial charge in [-0.1, -0.05) is 30.3 Å². The average molecular weight is 575 g/mol. The smallest absolute Gasteiger partial charge is 0.249 e. The summed E-state index contributed by atoms with van der Waals surface area (Å²) in [6.07, 6.45) is 3.89. The number of piperazine rings is 1. The first kappa shape index (κ1) is 30.2. The molecule has 3 saturated heterocycles. The number of carbonyl (C=O) groups excluding carboxylic acids is 3. The van der Waals surface area contributed by atoms with E-state index < -0.39 is 6.04 Å². The van der Waals surface area contributed by atoms with Gasteiger partial charge in [-0.25, -0.2) is 0 Å². The van der Waals surface area contributed by atoms with Gasteiger partial charge in [0.15, 0.2) is 0 Å². The number of piperidine rings is 2. The number of likely N-dealkylation sites (tertiary alicyclic amines) is 1. The van der Waals surface area contributed by atoms with Crippen molar-refractivity contribution in [1.29, 1.82) is 0 Å². The summed E-state index contributed by atoms with van der Waals surface area (Å²) in [5, 5.41) is 5.61. The van der Waals surface area contributed by atoms with Crippen molar-refractivity contribution in [3.63, 3.8) is 0 Å². The lowest BCUT2D eigenvalue weighted by molar-refractivity contribution is -0.141. The van der Waals surface area contributed by atoms with Gasteiger partial charge in [0, 0.05) is 64.5 Å². The topological polar surface area (TPSA) is 88.2 Å². The molecule has 3 aliphatic heterocycles. The number of hydrogen-bond acceptors (Lipinski definition) is 7. The summed E-state index contributed by atoms with van der Waals surface area (Å²) in [6.45, 7) is 11.9. The largest absolute Gasteiger partial charge is 0.369 e. The average Bonchev–Trinajstić information content (AvgIpc) is 2.99. The maximum Gasteiger partial charge on any atom is 0.249 e. The number of aryl methyl sites for hydroxylation is 1. The lowest BCUT2D eigenvalue weighted by Crippen LogP contribution is -2.51. The summed E-state index contributed by atoms with van der Waals surface area (Å²) in [5.41, 5.74) is 6.05. The first-order chi connectivity index (χ1) is 20.4. The standard InChI is InChI=1S/C33H46N6O3/c1-25-6-7-30(19-29(25)23-39(24-40)31-8-9-32(41)35-33(31)42)38-16-14-37(15-17-38)21-26-10-12-36(13-11-26)22-28-5-3-4-27(18-28)20-34-2/h3-7,18-19,24,26,31,34H,8-17,20-23H2,1-2H3,(H,35,41,42). The van der Waals surface area contributed by atoms with Crippen LogP contribution in [-0.2, 0) is 34.0 Å². The van der Waals surface area contributed by atoms with Crippen molar-refractivity contribution < 1.29 is 14.4 Å². The molecule has 3 heterocycles. The highest BCUT2D eigenvalue weighted by Crippen LogP contribution is 2.25. The zero-order valence-corrected chi connectivity index (χ0v) is 25.2. The molecule has 42 heavy (non-hydrogen) atoms. The van der Waals surface area contributed by atoms with Crippen LogP contribution >= 0.6 is 0 Å². The monoisotopic (exact) mass is 574 g/mol. The van der Waals surface area contributed by atoms with Crippen molar-refractivity contribution in [2.75, 3.05) is 57.8 Å². The lowest BCUT2D eigenvalue weighted by atomic mass is 9.95. The Hall–Kier alpha value is -3.27. The first-order valence-corrected chi connectivity index (χ1v) is 15.5. The summed E-state index contributed by atoms with van der Waals surface area (Å²) >= 11 is 0. The second-order valence-corrected chi connectivity index (χ2v) is 12.2. The van der Waals surface area contributed by atoms with Crippen LogP contribution in [0.25, 0.3) is 0 Å². The van der Waals surface area contributed by atoms with Gasteiger partial charge in [0.05, 0.1) is 0 Å². The van der Waals surface area contributed by atoms with Crippen molar-refractivity contribution in [2.45, 2.75) is 58.3 Å². The third kappa shape index (κ3) is 7.76. The maximum atomic E-state index is 12.3. The minimum Gasteiger partial charge on any atom is -0.369 e. The predicted octanol–water partition coefficient (Wildman–Crippen LogP) is 2.51. The Labute approximate surface area is 250 Å². The van der Waals surface area contributed by atoms with Gasteiger partial charge < -0.3 is 15.1 Å². The van der Waals surface area contributed by atoms with E-state index >= 15 is 0 Å². The molecule has 2 N–H and O–H groups in total. The van der Waals surface area contributed by atoms with Crippen LogP contribution < -0.4 is 15.5 Å². The fourth-order valence-corrected chi connectivity index (χ4v) is 6.62. The Bertz CT molecular complexity index is 1240. The Kier molecular flexibility index (Phi) is 10.3. The van der Waals surface area contributed by atoms with E-state index in [1.165, 1.54) is 48.5 Å². The van der Waals surface area contributed by atoms with Crippen LogP contribution in [0.15, 0.2) is 42.5 Å². The molecule has 3 fully saturated rings. The van der Waals surface area contributed by atoms with Crippen LogP contribution in [0.5, 0.6) is 0 Å². The van der Waals surface area contributed by atoms with E-state index in [0.29, 0.717) is 13.0 Å². The van der Waals surface area contributed by atoms with Crippen LogP contribution in [-0.4, -0.2) is 91.8 Å². The Morgan fingerprint density at radius 3 is 2.43 bits per heavy atom. The maximum absolute atomic E-state index is 12.3. The second-order valence-electron chi connectivity index (χ2n) is 12.2. The van der Waals surface area contributed by atoms with Crippen LogP contribution in [0.4, 0.5) is 5.69 Å². The SMILES string of the molecule is CNCc1cccc(CN2CCC(CN3CCN(c4ccc(C)c(CN(C=O)C5CCC(=O)NC5=O)c4)CC3)CC2)c1. The summed E-state index contributed by atoms with van der Waals surface area (Å²) in [7, 11) is 1.99. The van der Waals surface area contributed by atoms with E-state index in [0.717, 1.165) is 68.4 Å². The van der Waals surface area contributed by atoms with Crippen molar-refractivity contribution in [3.05, 3.63) is 64.7 Å². The Morgan fingerprint density at radius 1 is 0.952 bits per heavy atom. The second kappa shape index (κ2) is 14.3. The highest BCUT2D eigenvalue weighted by Gasteiger charge is 2.31. The summed E-state index contributed by atoms with van der Waals surface area (Å²) in [4.78, 5) is 45.0. The lowest BCUT2D eigenvalue weighted by Gasteiger charge is -2.40. The number of carbonyl (C=O) groups is 3. The molecule has 3 aliphatic rings. The minimum atomic E-state index is -0.604. The van der Waals surface area contributed by atoms with Crippen LogP contribution in [0.3, 0.4) is 0 Å². The molecule has 9 nitrogen and oxygen atoms in total. The van der Waals surface area contributed by atoms with Gasteiger partial charge in [-0.2, -0.15) is 0 Å².